The molecule has 1 rings (SSSR count). The maximum Gasteiger partial charge on any atom is 0.185 e. The minimum Gasteiger partial charge on any atom is -0.370 e. The van der Waals surface area contributed by atoms with Crippen LogP contribution in [0.2, 0.25) is 0 Å². The van der Waals surface area contributed by atoms with Gasteiger partial charge >= 0.3 is 0 Å². The number of aliphatic imine (C=N–C) groups is 1. The van der Waals surface area contributed by atoms with Crippen LogP contribution >= 0.6 is 0 Å². The van der Waals surface area contributed by atoms with E-state index >= 15 is 0 Å². The second-order valence-electron chi connectivity index (χ2n) is 4.36. The average Bonchev–Trinajstić information content (AvgIpc) is 2.08. The molecule has 0 aromatic rings. The van der Waals surface area contributed by atoms with Crippen LogP contribution in [-0.2, 0) is 0 Å². The van der Waals surface area contributed by atoms with Crippen LogP contribution in [0.5, 0.6) is 0 Å². The van der Waals surface area contributed by atoms with Crippen LogP contribution in [-0.4, -0.2) is 37.5 Å². The molecule has 1 heterocycles. The summed E-state index contributed by atoms with van der Waals surface area (Å²) in [6, 6.07) is 0. The van der Waals surface area contributed by atoms with Crippen molar-refractivity contribution in [3.05, 3.63) is 0 Å². The quantitative estimate of drug-likeness (QED) is 0.468. The molecule has 0 amide bonds. The van der Waals surface area contributed by atoms with Gasteiger partial charge in [0.25, 0.3) is 0 Å². The first kappa shape index (κ1) is 10.3. The summed E-state index contributed by atoms with van der Waals surface area (Å²) in [4.78, 5) is 6.44. The van der Waals surface area contributed by atoms with Gasteiger partial charge in [0.05, 0.1) is 0 Å². The van der Waals surface area contributed by atoms with Crippen LogP contribution in [0.25, 0.3) is 0 Å². The Balaban J connectivity index is 2.43. The number of rotatable bonds is 2. The third-order valence-corrected chi connectivity index (χ3v) is 2.84. The van der Waals surface area contributed by atoms with Gasteiger partial charge in [0.2, 0.25) is 0 Å². The number of nitrogens with two attached hydrogens (primary N) is 2. The molecule has 0 spiro atoms. The van der Waals surface area contributed by atoms with Crippen LogP contribution in [0.15, 0.2) is 4.99 Å². The van der Waals surface area contributed by atoms with Gasteiger partial charge in [0.15, 0.2) is 5.96 Å². The summed E-state index contributed by atoms with van der Waals surface area (Å²) in [5.74, 6) is 0.208. The lowest BCUT2D eigenvalue weighted by molar-refractivity contribution is 0.147. The summed E-state index contributed by atoms with van der Waals surface area (Å²) >= 11 is 0. The van der Waals surface area contributed by atoms with E-state index in [1.165, 1.54) is 12.8 Å². The third-order valence-electron chi connectivity index (χ3n) is 2.84. The molecule has 0 aliphatic carbocycles. The molecule has 4 nitrogen and oxygen atoms in total. The molecule has 0 aromatic heterocycles. The van der Waals surface area contributed by atoms with E-state index in [0.717, 1.165) is 19.6 Å². The molecule has 0 atom stereocenters. The Morgan fingerprint density at radius 1 is 1.38 bits per heavy atom. The highest BCUT2D eigenvalue weighted by Crippen LogP contribution is 2.30. The maximum absolute atomic E-state index is 5.31. The van der Waals surface area contributed by atoms with E-state index in [1.807, 2.05) is 0 Å². The summed E-state index contributed by atoms with van der Waals surface area (Å²) in [5.41, 5.74) is 10.9. The van der Waals surface area contributed by atoms with E-state index in [0.29, 0.717) is 5.41 Å². The van der Waals surface area contributed by atoms with Crippen molar-refractivity contribution < 1.29 is 0 Å². The van der Waals surface area contributed by atoms with Gasteiger partial charge in [0.1, 0.15) is 0 Å². The van der Waals surface area contributed by atoms with E-state index < -0.39 is 0 Å². The molecule has 1 fully saturated rings. The Morgan fingerprint density at radius 2 is 1.92 bits per heavy atom. The summed E-state index contributed by atoms with van der Waals surface area (Å²) in [6.07, 6.45) is 2.36. The zero-order valence-electron chi connectivity index (χ0n) is 8.58. The largest absolute Gasteiger partial charge is 0.370 e. The molecular formula is C9H20N4. The van der Waals surface area contributed by atoms with Gasteiger partial charge in [-0.05, 0) is 38.4 Å². The van der Waals surface area contributed by atoms with Crippen LogP contribution in [0, 0.1) is 5.41 Å². The van der Waals surface area contributed by atoms with Crippen LogP contribution in [0.4, 0.5) is 0 Å². The van der Waals surface area contributed by atoms with Crippen LogP contribution in [0.1, 0.15) is 19.8 Å². The van der Waals surface area contributed by atoms with Crippen molar-refractivity contribution in [1.82, 2.24) is 4.90 Å². The fraction of sp³-hybridized carbons (Fsp3) is 0.889. The molecular weight excluding hydrogens is 164 g/mol. The normalized spacial score (nSPS) is 22.6. The number of piperidine rings is 1. The molecule has 1 saturated heterocycles. The SMILES string of the molecule is CN1CCC(C)(CN=C(N)N)CC1. The first-order valence-corrected chi connectivity index (χ1v) is 4.76. The lowest BCUT2D eigenvalue weighted by Gasteiger charge is -2.36. The highest BCUT2D eigenvalue weighted by Gasteiger charge is 2.28. The minimum atomic E-state index is 0.208. The molecule has 4 N–H and O–H groups in total. The first-order valence-electron chi connectivity index (χ1n) is 4.76. The summed E-state index contributed by atoms with van der Waals surface area (Å²) in [5, 5.41) is 0. The highest BCUT2D eigenvalue weighted by molar-refractivity contribution is 5.75. The lowest BCUT2D eigenvalue weighted by Crippen LogP contribution is -2.38. The number of nitrogens with zero attached hydrogens (tertiary/aromatic N) is 2. The molecule has 0 saturated carbocycles. The molecule has 4 heteroatoms. The van der Waals surface area contributed by atoms with E-state index in [-0.39, 0.29) is 5.96 Å². The van der Waals surface area contributed by atoms with Gasteiger partial charge in [-0.25, -0.2) is 0 Å². The number of guanidine groups is 1. The van der Waals surface area contributed by atoms with Gasteiger partial charge in [-0.2, -0.15) is 0 Å². The van der Waals surface area contributed by atoms with Crippen LogP contribution < -0.4 is 11.5 Å². The zero-order chi connectivity index (χ0) is 9.90. The van der Waals surface area contributed by atoms with E-state index in [2.05, 4.69) is 23.9 Å². The Kier molecular flexibility index (Phi) is 3.14. The van der Waals surface area contributed by atoms with Gasteiger partial charge in [0, 0.05) is 6.54 Å². The third kappa shape index (κ3) is 3.22. The van der Waals surface area contributed by atoms with Crippen molar-refractivity contribution in [1.29, 1.82) is 0 Å². The van der Waals surface area contributed by atoms with E-state index in [4.69, 9.17) is 11.5 Å². The molecule has 1 aliphatic heterocycles. The smallest absolute Gasteiger partial charge is 0.185 e. The summed E-state index contributed by atoms with van der Waals surface area (Å²) < 4.78 is 0. The average molecular weight is 184 g/mol. The molecule has 0 bridgehead atoms. The molecule has 1 aliphatic rings. The Labute approximate surface area is 80.0 Å². The van der Waals surface area contributed by atoms with Crippen molar-refractivity contribution in [3.8, 4) is 0 Å². The van der Waals surface area contributed by atoms with Gasteiger partial charge in [-0.3, -0.25) is 4.99 Å². The second kappa shape index (κ2) is 3.96. The Hall–Kier alpha value is -0.770. The number of hydrogen-bond acceptors (Lipinski definition) is 2. The minimum absolute atomic E-state index is 0.208. The molecule has 0 aromatic carbocycles. The van der Waals surface area contributed by atoms with Crippen molar-refractivity contribution in [3.63, 3.8) is 0 Å². The Bertz CT molecular complexity index is 188. The van der Waals surface area contributed by atoms with E-state index in [9.17, 15) is 0 Å². The predicted octanol–water partition coefficient (Wildman–Crippen LogP) is -0.00830. The van der Waals surface area contributed by atoms with E-state index in [1.54, 1.807) is 0 Å². The highest BCUT2D eigenvalue weighted by atomic mass is 15.1. The fourth-order valence-corrected chi connectivity index (χ4v) is 1.60. The molecule has 13 heavy (non-hydrogen) atoms. The van der Waals surface area contributed by atoms with Gasteiger partial charge in [-0.15, -0.1) is 0 Å². The standard InChI is InChI=1S/C9H20N4/c1-9(7-12-8(10)11)3-5-13(2)6-4-9/h3-7H2,1-2H3,(H4,10,11,12). The fourth-order valence-electron chi connectivity index (χ4n) is 1.60. The van der Waals surface area contributed by atoms with Crippen molar-refractivity contribution in [2.24, 2.45) is 21.9 Å². The second-order valence-corrected chi connectivity index (χ2v) is 4.36. The summed E-state index contributed by atoms with van der Waals surface area (Å²) in [6.45, 7) is 5.32. The number of hydrogen-bond donors (Lipinski definition) is 2. The zero-order valence-corrected chi connectivity index (χ0v) is 8.58. The van der Waals surface area contributed by atoms with Crippen molar-refractivity contribution in [2.75, 3.05) is 26.7 Å². The van der Waals surface area contributed by atoms with Gasteiger partial charge < -0.3 is 16.4 Å². The topological polar surface area (TPSA) is 67.6 Å². The van der Waals surface area contributed by atoms with Crippen molar-refractivity contribution >= 4 is 5.96 Å². The summed E-state index contributed by atoms with van der Waals surface area (Å²) in [7, 11) is 2.15. The Morgan fingerprint density at radius 3 is 2.38 bits per heavy atom. The monoisotopic (exact) mass is 184 g/mol. The molecule has 0 radical (unpaired) electrons. The van der Waals surface area contributed by atoms with Crippen LogP contribution in [0.3, 0.4) is 0 Å². The van der Waals surface area contributed by atoms with Crippen molar-refractivity contribution in [2.45, 2.75) is 19.8 Å². The van der Waals surface area contributed by atoms with Gasteiger partial charge in [-0.1, -0.05) is 6.92 Å². The predicted molar refractivity (Wildman–Crippen MR) is 55.5 cm³/mol. The number of likely N-dealkylation sites (tertiary alicyclic amines) is 1. The maximum atomic E-state index is 5.31. The molecule has 76 valence electrons. The lowest BCUT2D eigenvalue weighted by atomic mass is 9.80. The molecule has 0 unspecified atom stereocenters. The first-order chi connectivity index (χ1) is 6.02.